The molecule has 1 aliphatic rings. The minimum Gasteiger partial charge on any atom is -0.0843 e. The quantitative estimate of drug-likeness (QED) is 0.668. The van der Waals surface area contributed by atoms with E-state index in [1.165, 1.54) is 30.4 Å². The maximum atomic E-state index is 6.11. The van der Waals surface area contributed by atoms with Gasteiger partial charge in [0, 0.05) is 5.02 Å². The number of hydrogen-bond donors (Lipinski definition) is 0. The van der Waals surface area contributed by atoms with Crippen LogP contribution < -0.4 is 0 Å². The normalized spacial score (nSPS) is 18.5. The molecule has 0 heterocycles. The third-order valence-corrected chi connectivity index (χ3v) is 5.04. The molecule has 2 atom stereocenters. The first-order valence-corrected chi connectivity index (χ1v) is 8.39. The van der Waals surface area contributed by atoms with Crippen molar-refractivity contribution in [2.75, 3.05) is 0 Å². The van der Waals surface area contributed by atoms with Crippen LogP contribution in [-0.4, -0.2) is 0 Å². The van der Waals surface area contributed by atoms with Crippen LogP contribution in [0.5, 0.6) is 0 Å². The summed E-state index contributed by atoms with van der Waals surface area (Å²) in [6, 6.07) is 15.4. The zero-order chi connectivity index (χ0) is 14.8. The molecule has 110 valence electrons. The molecule has 0 saturated carbocycles. The molecule has 1 aliphatic carbocycles. The summed E-state index contributed by atoms with van der Waals surface area (Å²) >= 11 is 6.11. The lowest BCUT2D eigenvalue weighted by molar-refractivity contribution is 0.468. The van der Waals surface area contributed by atoms with Crippen molar-refractivity contribution in [3.05, 3.63) is 69.7 Å². The molecule has 21 heavy (non-hydrogen) atoms. The number of rotatable bonds is 4. The van der Waals surface area contributed by atoms with Gasteiger partial charge in [0.1, 0.15) is 0 Å². The van der Waals surface area contributed by atoms with Gasteiger partial charge in [-0.05, 0) is 71.9 Å². The first-order valence-electron chi connectivity index (χ1n) is 8.02. The maximum absolute atomic E-state index is 6.11. The Bertz CT molecular complexity index is 629. The zero-order valence-electron chi connectivity index (χ0n) is 12.9. The Kier molecular flexibility index (Phi) is 4.35. The van der Waals surface area contributed by atoms with E-state index in [1.54, 1.807) is 11.1 Å². The Hall–Kier alpha value is -1.27. The van der Waals surface area contributed by atoms with Gasteiger partial charge in [-0.2, -0.15) is 0 Å². The first kappa shape index (κ1) is 14.7. The summed E-state index contributed by atoms with van der Waals surface area (Å²) in [6.07, 6.45) is 4.87. The second-order valence-electron chi connectivity index (χ2n) is 6.42. The van der Waals surface area contributed by atoms with Gasteiger partial charge in [0.05, 0.1) is 0 Å². The molecule has 0 aromatic heterocycles. The lowest BCUT2D eigenvalue weighted by atomic mass is 9.89. The Morgan fingerprint density at radius 1 is 1.10 bits per heavy atom. The van der Waals surface area contributed by atoms with Crippen LogP contribution in [-0.2, 0) is 19.3 Å². The molecule has 0 spiro atoms. The number of benzene rings is 2. The molecule has 3 rings (SSSR count). The largest absolute Gasteiger partial charge is 0.0843 e. The van der Waals surface area contributed by atoms with Gasteiger partial charge >= 0.3 is 0 Å². The lowest BCUT2D eigenvalue weighted by Crippen LogP contribution is -2.05. The van der Waals surface area contributed by atoms with Gasteiger partial charge in [0.2, 0.25) is 0 Å². The van der Waals surface area contributed by atoms with Crippen molar-refractivity contribution in [1.29, 1.82) is 0 Å². The molecule has 2 aromatic rings. The van der Waals surface area contributed by atoms with Crippen molar-refractivity contribution in [3.8, 4) is 0 Å². The Labute approximate surface area is 133 Å². The number of fused-ring (bicyclic) bond motifs is 1. The molecule has 2 aromatic carbocycles. The van der Waals surface area contributed by atoms with Gasteiger partial charge in [0.25, 0.3) is 0 Å². The van der Waals surface area contributed by atoms with Crippen LogP contribution in [0.2, 0.25) is 5.02 Å². The van der Waals surface area contributed by atoms with Gasteiger partial charge in [-0.1, -0.05) is 55.8 Å². The Morgan fingerprint density at radius 2 is 1.90 bits per heavy atom. The van der Waals surface area contributed by atoms with Gasteiger partial charge in [-0.25, -0.2) is 0 Å². The average Bonchev–Trinajstić information content (AvgIpc) is 2.88. The van der Waals surface area contributed by atoms with Crippen molar-refractivity contribution >= 4 is 11.6 Å². The van der Waals surface area contributed by atoms with E-state index in [4.69, 9.17) is 11.6 Å². The fraction of sp³-hybridized carbons (Fsp3) is 0.400. The van der Waals surface area contributed by atoms with Crippen LogP contribution in [0.15, 0.2) is 42.5 Å². The third-order valence-electron chi connectivity index (χ3n) is 4.80. The van der Waals surface area contributed by atoms with E-state index in [0.717, 1.165) is 17.4 Å². The van der Waals surface area contributed by atoms with E-state index in [0.29, 0.717) is 5.92 Å². The minimum atomic E-state index is 0.577. The van der Waals surface area contributed by atoms with Crippen molar-refractivity contribution in [2.24, 2.45) is 5.92 Å². The predicted molar refractivity (Wildman–Crippen MR) is 91.2 cm³/mol. The summed E-state index contributed by atoms with van der Waals surface area (Å²) in [4.78, 5) is 0. The fourth-order valence-corrected chi connectivity index (χ4v) is 3.80. The number of hydrogen-bond acceptors (Lipinski definition) is 0. The van der Waals surface area contributed by atoms with Crippen LogP contribution in [0.25, 0.3) is 0 Å². The number of aryl methyl sites for hydroxylation is 1. The van der Waals surface area contributed by atoms with E-state index < -0.39 is 0 Å². The van der Waals surface area contributed by atoms with Gasteiger partial charge in [-0.3, -0.25) is 0 Å². The zero-order valence-corrected chi connectivity index (χ0v) is 13.7. The van der Waals surface area contributed by atoms with E-state index in [-0.39, 0.29) is 0 Å². The van der Waals surface area contributed by atoms with Crippen molar-refractivity contribution in [2.45, 2.75) is 45.4 Å². The molecule has 0 radical (unpaired) electrons. The monoisotopic (exact) mass is 298 g/mol. The molecular formula is C20H23Cl. The minimum absolute atomic E-state index is 0.577. The van der Waals surface area contributed by atoms with Crippen molar-refractivity contribution < 1.29 is 0 Å². The second-order valence-corrected chi connectivity index (χ2v) is 6.86. The molecule has 0 bridgehead atoms. The summed E-state index contributed by atoms with van der Waals surface area (Å²) in [7, 11) is 0. The molecule has 0 amide bonds. The summed E-state index contributed by atoms with van der Waals surface area (Å²) in [5, 5.41) is 0.849. The highest BCUT2D eigenvalue weighted by Crippen LogP contribution is 2.34. The molecule has 0 aliphatic heterocycles. The van der Waals surface area contributed by atoms with Crippen LogP contribution >= 0.6 is 11.6 Å². The summed E-state index contributed by atoms with van der Waals surface area (Å²) in [6.45, 7) is 4.56. The molecule has 0 fully saturated rings. The lowest BCUT2D eigenvalue weighted by Gasteiger charge is -2.17. The predicted octanol–water partition coefficient (Wildman–Crippen LogP) is 5.81. The van der Waals surface area contributed by atoms with Gasteiger partial charge in [-0.15, -0.1) is 0 Å². The van der Waals surface area contributed by atoms with Crippen LogP contribution in [0.4, 0.5) is 0 Å². The molecule has 0 saturated heterocycles. The first-order chi connectivity index (χ1) is 10.2. The van der Waals surface area contributed by atoms with E-state index in [9.17, 15) is 0 Å². The van der Waals surface area contributed by atoms with Crippen molar-refractivity contribution in [1.82, 2.24) is 0 Å². The topological polar surface area (TPSA) is 0 Å². The Morgan fingerprint density at radius 3 is 2.67 bits per heavy atom. The average molecular weight is 299 g/mol. The van der Waals surface area contributed by atoms with E-state index in [1.807, 2.05) is 6.07 Å². The SMILES string of the molecule is CCc1ccc2c(c1)CC(CC(C)c1cccc(Cl)c1)C2. The van der Waals surface area contributed by atoms with Gasteiger partial charge in [0.15, 0.2) is 0 Å². The van der Waals surface area contributed by atoms with Crippen LogP contribution in [0.1, 0.15) is 48.4 Å². The highest BCUT2D eigenvalue weighted by atomic mass is 35.5. The molecule has 0 nitrogen and oxygen atoms in total. The summed E-state index contributed by atoms with van der Waals surface area (Å²) in [5.41, 5.74) is 5.98. The van der Waals surface area contributed by atoms with Gasteiger partial charge < -0.3 is 0 Å². The Balaban J connectivity index is 1.68. The third kappa shape index (κ3) is 3.32. The summed E-state index contributed by atoms with van der Waals surface area (Å²) in [5.74, 6) is 1.36. The van der Waals surface area contributed by atoms with Crippen LogP contribution in [0, 0.1) is 5.92 Å². The van der Waals surface area contributed by atoms with Crippen molar-refractivity contribution in [3.63, 3.8) is 0 Å². The number of halogens is 1. The molecule has 2 unspecified atom stereocenters. The summed E-state index contributed by atoms with van der Waals surface area (Å²) < 4.78 is 0. The molecule has 0 N–H and O–H groups in total. The highest BCUT2D eigenvalue weighted by Gasteiger charge is 2.23. The van der Waals surface area contributed by atoms with E-state index in [2.05, 4.69) is 50.2 Å². The van der Waals surface area contributed by atoms with E-state index >= 15 is 0 Å². The second kappa shape index (κ2) is 6.23. The fourth-order valence-electron chi connectivity index (χ4n) is 3.60. The van der Waals surface area contributed by atoms with Crippen LogP contribution in [0.3, 0.4) is 0 Å². The molecular weight excluding hydrogens is 276 g/mol. The standard InChI is InChI=1S/C20H23Cl/c1-3-15-7-8-18-11-16(12-19(18)10-15)9-14(2)17-5-4-6-20(21)13-17/h4-8,10,13-14,16H,3,9,11-12H2,1-2H3. The smallest absolute Gasteiger partial charge is 0.0408 e. The highest BCUT2D eigenvalue weighted by molar-refractivity contribution is 6.30. The maximum Gasteiger partial charge on any atom is 0.0408 e. The molecule has 1 heteroatoms.